The summed E-state index contributed by atoms with van der Waals surface area (Å²) in [5.41, 5.74) is 0.811. The average Bonchev–Trinajstić information content (AvgIpc) is 2.70. The number of benzene rings is 1. The first-order chi connectivity index (χ1) is 14.2. The van der Waals surface area contributed by atoms with Gasteiger partial charge in [0.05, 0.1) is 0 Å². The molecule has 3 heteroatoms. The molecule has 0 aliphatic rings. The van der Waals surface area contributed by atoms with E-state index in [1.807, 2.05) is 6.07 Å². The topological polar surface area (TPSA) is 57.5 Å². The molecule has 0 saturated carbocycles. The monoisotopic (exact) mass is 402 g/mol. The van der Waals surface area contributed by atoms with Crippen LogP contribution in [0.15, 0.2) is 30.4 Å². The van der Waals surface area contributed by atoms with Crippen molar-refractivity contribution in [2.24, 2.45) is 0 Å². The van der Waals surface area contributed by atoms with E-state index in [1.165, 1.54) is 89.5 Å². The van der Waals surface area contributed by atoms with Gasteiger partial charge in [0.2, 0.25) is 0 Å². The molecule has 0 bridgehead atoms. The van der Waals surface area contributed by atoms with Crippen LogP contribution >= 0.6 is 0 Å². The Morgan fingerprint density at radius 3 is 1.86 bits per heavy atom. The Hall–Kier alpha value is -1.77. The molecule has 0 aromatic heterocycles. The molecule has 0 radical (unpaired) electrons. The molecule has 1 aromatic carbocycles. The van der Waals surface area contributed by atoms with Crippen LogP contribution in [0.3, 0.4) is 0 Å². The number of unbranched alkanes of at least 4 members (excludes halogenated alkanes) is 13. The zero-order valence-corrected chi connectivity index (χ0v) is 18.5. The molecule has 0 aliphatic carbocycles. The van der Waals surface area contributed by atoms with Crippen LogP contribution in [0, 0.1) is 0 Å². The number of rotatable bonds is 18. The van der Waals surface area contributed by atoms with E-state index in [9.17, 15) is 15.0 Å². The van der Waals surface area contributed by atoms with Crippen LogP contribution in [-0.2, 0) is 6.42 Å². The summed E-state index contributed by atoms with van der Waals surface area (Å²) >= 11 is 0. The van der Waals surface area contributed by atoms with Crippen LogP contribution < -0.4 is 0 Å². The highest BCUT2D eigenvalue weighted by atomic mass is 16.4. The van der Waals surface area contributed by atoms with Gasteiger partial charge in [-0.25, -0.2) is 4.79 Å². The lowest BCUT2D eigenvalue weighted by Crippen LogP contribution is -2.03. The van der Waals surface area contributed by atoms with Gasteiger partial charge in [-0.1, -0.05) is 95.4 Å². The highest BCUT2D eigenvalue weighted by Gasteiger charge is 2.14. The van der Waals surface area contributed by atoms with Crippen LogP contribution in [-0.4, -0.2) is 16.2 Å². The molecule has 0 unspecified atom stereocenters. The van der Waals surface area contributed by atoms with Crippen LogP contribution in [0.4, 0.5) is 0 Å². The lowest BCUT2D eigenvalue weighted by molar-refractivity contribution is 0.0692. The van der Waals surface area contributed by atoms with Crippen molar-refractivity contribution in [2.75, 3.05) is 0 Å². The SMILES string of the molecule is CCCCCC/C=C/CCCCCCCCCCCc1cccc(O)c1C(=O)O. The fourth-order valence-electron chi connectivity index (χ4n) is 3.78. The highest BCUT2D eigenvalue weighted by molar-refractivity contribution is 5.92. The molecule has 0 heterocycles. The summed E-state index contributed by atoms with van der Waals surface area (Å²) in [6.07, 6.45) is 24.6. The number of phenols is 1. The molecule has 1 rings (SSSR count). The van der Waals surface area contributed by atoms with Crippen LogP contribution in [0.1, 0.15) is 119 Å². The van der Waals surface area contributed by atoms with Gasteiger partial charge >= 0.3 is 5.97 Å². The predicted molar refractivity (Wildman–Crippen MR) is 123 cm³/mol. The molecular formula is C26H42O3. The normalized spacial score (nSPS) is 11.3. The van der Waals surface area contributed by atoms with Crippen LogP contribution in [0.5, 0.6) is 5.75 Å². The molecule has 0 amide bonds. The fourth-order valence-corrected chi connectivity index (χ4v) is 3.78. The lowest BCUT2D eigenvalue weighted by Gasteiger charge is -2.08. The minimum absolute atomic E-state index is 0.0684. The van der Waals surface area contributed by atoms with Gasteiger partial charge in [0.1, 0.15) is 11.3 Å². The van der Waals surface area contributed by atoms with Crippen LogP contribution in [0.25, 0.3) is 0 Å². The second-order valence-corrected chi connectivity index (χ2v) is 8.16. The van der Waals surface area contributed by atoms with Gasteiger partial charge in [-0.3, -0.25) is 0 Å². The van der Waals surface area contributed by atoms with Crippen LogP contribution in [0.2, 0.25) is 0 Å². The van der Waals surface area contributed by atoms with Gasteiger partial charge in [0.15, 0.2) is 0 Å². The summed E-state index contributed by atoms with van der Waals surface area (Å²) in [5.74, 6) is -1.17. The average molecular weight is 403 g/mol. The number of aryl methyl sites for hydroxylation is 1. The maximum atomic E-state index is 11.3. The van der Waals surface area contributed by atoms with Gasteiger partial charge in [-0.15, -0.1) is 0 Å². The Bertz CT molecular complexity index is 577. The van der Waals surface area contributed by atoms with E-state index < -0.39 is 5.97 Å². The number of hydrogen-bond donors (Lipinski definition) is 2. The number of aromatic carboxylic acids is 1. The molecule has 164 valence electrons. The summed E-state index contributed by atoms with van der Waals surface area (Å²) in [6.45, 7) is 2.26. The van der Waals surface area contributed by atoms with E-state index in [0.717, 1.165) is 24.8 Å². The molecule has 0 spiro atoms. The molecule has 0 atom stereocenters. The van der Waals surface area contributed by atoms with E-state index >= 15 is 0 Å². The number of carboxylic acids is 1. The third-order valence-corrected chi connectivity index (χ3v) is 5.55. The molecule has 0 aliphatic heterocycles. The number of carboxylic acid groups (broad SMARTS) is 1. The van der Waals surface area contributed by atoms with Gasteiger partial charge in [0.25, 0.3) is 0 Å². The first kappa shape index (κ1) is 25.3. The minimum atomic E-state index is -1.04. The highest BCUT2D eigenvalue weighted by Crippen LogP contribution is 2.23. The molecule has 0 saturated heterocycles. The van der Waals surface area contributed by atoms with Gasteiger partial charge < -0.3 is 10.2 Å². The maximum Gasteiger partial charge on any atom is 0.339 e. The second kappa shape index (κ2) is 17.1. The van der Waals surface area contributed by atoms with E-state index in [2.05, 4.69) is 19.1 Å². The van der Waals surface area contributed by atoms with E-state index in [4.69, 9.17) is 0 Å². The standard InChI is InChI=1S/C26H42O3/c1-2-3-4-5-6-7-8-9-10-11-12-13-14-15-16-17-18-20-23-21-19-22-24(27)25(23)26(28)29/h7-8,19,21-22,27H,2-6,9-18,20H2,1H3,(H,28,29)/b8-7+. The Morgan fingerprint density at radius 2 is 1.31 bits per heavy atom. The van der Waals surface area contributed by atoms with Crippen molar-refractivity contribution in [3.63, 3.8) is 0 Å². The van der Waals surface area contributed by atoms with Crippen molar-refractivity contribution in [2.45, 2.75) is 110 Å². The summed E-state index contributed by atoms with van der Waals surface area (Å²) in [4.78, 5) is 11.3. The van der Waals surface area contributed by atoms with Gasteiger partial charge in [-0.05, 0) is 50.2 Å². The summed E-state index contributed by atoms with van der Waals surface area (Å²) in [6, 6.07) is 4.98. The Labute approximate surface area is 178 Å². The summed E-state index contributed by atoms with van der Waals surface area (Å²) in [7, 11) is 0. The third kappa shape index (κ3) is 12.4. The zero-order valence-electron chi connectivity index (χ0n) is 18.5. The number of aromatic hydroxyl groups is 1. The van der Waals surface area contributed by atoms with Crippen molar-refractivity contribution in [1.29, 1.82) is 0 Å². The van der Waals surface area contributed by atoms with E-state index in [-0.39, 0.29) is 11.3 Å². The molecule has 29 heavy (non-hydrogen) atoms. The maximum absolute atomic E-state index is 11.3. The van der Waals surface area contributed by atoms with E-state index in [0.29, 0.717) is 0 Å². The third-order valence-electron chi connectivity index (χ3n) is 5.55. The van der Waals surface area contributed by atoms with Gasteiger partial charge in [-0.2, -0.15) is 0 Å². The summed E-state index contributed by atoms with van der Waals surface area (Å²) in [5, 5.41) is 18.9. The second-order valence-electron chi connectivity index (χ2n) is 8.16. The number of allylic oxidation sites excluding steroid dienone is 2. The Morgan fingerprint density at radius 1 is 0.793 bits per heavy atom. The van der Waals surface area contributed by atoms with Crippen molar-refractivity contribution in [1.82, 2.24) is 0 Å². The Kier molecular flexibility index (Phi) is 14.9. The fraction of sp³-hybridized carbons (Fsp3) is 0.654. The minimum Gasteiger partial charge on any atom is -0.507 e. The quantitative estimate of drug-likeness (QED) is 0.193. The molecule has 2 N–H and O–H groups in total. The van der Waals surface area contributed by atoms with Crippen molar-refractivity contribution >= 4 is 5.97 Å². The first-order valence-electron chi connectivity index (χ1n) is 11.9. The van der Waals surface area contributed by atoms with Gasteiger partial charge in [0, 0.05) is 0 Å². The van der Waals surface area contributed by atoms with E-state index in [1.54, 1.807) is 6.07 Å². The van der Waals surface area contributed by atoms with Crippen molar-refractivity contribution in [3.8, 4) is 5.75 Å². The number of hydrogen-bond acceptors (Lipinski definition) is 2. The first-order valence-corrected chi connectivity index (χ1v) is 11.9. The predicted octanol–water partition coefficient (Wildman–Crippen LogP) is 8.06. The molecule has 3 nitrogen and oxygen atoms in total. The zero-order chi connectivity index (χ0) is 21.2. The molecule has 0 fully saturated rings. The molecule has 1 aromatic rings. The summed E-state index contributed by atoms with van der Waals surface area (Å²) < 4.78 is 0. The largest absolute Gasteiger partial charge is 0.507 e. The Balaban J connectivity index is 1.93. The number of carbonyl (C=O) groups is 1. The van der Waals surface area contributed by atoms with Crippen molar-refractivity contribution in [3.05, 3.63) is 41.5 Å². The smallest absolute Gasteiger partial charge is 0.339 e. The molecular weight excluding hydrogens is 360 g/mol. The van der Waals surface area contributed by atoms with Crippen molar-refractivity contribution < 1.29 is 15.0 Å². The lowest BCUT2D eigenvalue weighted by atomic mass is 9.99.